The Bertz CT molecular complexity index is 3350. The molecule has 0 atom stereocenters. The minimum atomic E-state index is 0.170. The fraction of sp³-hybridized carbons (Fsp3) is 0.500. The molecule has 0 unspecified atom stereocenters. The maximum atomic E-state index is 6.84. The van der Waals surface area contributed by atoms with E-state index in [-0.39, 0.29) is 24.4 Å². The predicted octanol–water partition coefficient (Wildman–Crippen LogP) is 16.8. The third-order valence-electron chi connectivity index (χ3n) is 17.1. The summed E-state index contributed by atoms with van der Waals surface area (Å²) in [6.45, 7) is 0. The van der Waals surface area contributed by atoms with E-state index in [0.29, 0.717) is 45.9 Å². The average molecular weight is 1020 g/mol. The summed E-state index contributed by atoms with van der Waals surface area (Å²) >= 11 is 0. The van der Waals surface area contributed by atoms with Gasteiger partial charge >= 0.3 is 0 Å². The van der Waals surface area contributed by atoms with Crippen LogP contribution in [0.5, 0.6) is 23.0 Å². The lowest BCUT2D eigenvalue weighted by Gasteiger charge is -2.21. The van der Waals surface area contributed by atoms with Crippen LogP contribution in [0.3, 0.4) is 0 Å². The highest BCUT2D eigenvalue weighted by atomic mass is 16.5. The Morgan fingerprint density at radius 2 is 0.526 bits per heavy atom. The number of benzene rings is 4. The van der Waals surface area contributed by atoms with Gasteiger partial charge < -0.3 is 28.9 Å². The van der Waals surface area contributed by atoms with Crippen LogP contribution in [0.4, 0.5) is 0 Å². The molecule has 4 aliphatic carbocycles. The van der Waals surface area contributed by atoms with E-state index in [1.54, 1.807) is 0 Å². The summed E-state index contributed by atoms with van der Waals surface area (Å²) in [5, 5.41) is 3.63. The first kappa shape index (κ1) is 49.0. The molecule has 0 spiro atoms. The number of hydrogen-bond acceptors (Lipinski definition) is 10. The van der Waals surface area contributed by atoms with Gasteiger partial charge in [-0.3, -0.25) is 0 Å². The largest absolute Gasteiger partial charge is 0.490 e. The molecular formula is C64H74N8O4. The summed E-state index contributed by atoms with van der Waals surface area (Å²) in [5.41, 5.74) is 6.09. The van der Waals surface area contributed by atoms with Crippen LogP contribution in [0.15, 0.2) is 72.8 Å². The highest BCUT2D eigenvalue weighted by Gasteiger charge is 2.26. The van der Waals surface area contributed by atoms with E-state index in [1.165, 1.54) is 128 Å². The maximum absolute atomic E-state index is 6.84. The summed E-state index contributed by atoms with van der Waals surface area (Å²) in [7, 11) is 0. The smallest absolute Gasteiger partial charge is 0.164 e. The summed E-state index contributed by atoms with van der Waals surface area (Å²) in [5.74, 6) is 5.55. The second kappa shape index (κ2) is 22.6. The molecule has 2 aliphatic heterocycles. The molecular weight excluding hydrogens is 945 g/mol. The van der Waals surface area contributed by atoms with Crippen molar-refractivity contribution in [3.8, 4) is 68.5 Å². The number of aromatic nitrogens is 8. The third-order valence-corrected chi connectivity index (χ3v) is 17.1. The Balaban J connectivity index is 1.01. The van der Waals surface area contributed by atoms with Gasteiger partial charge in [0.15, 0.2) is 23.3 Å². The van der Waals surface area contributed by atoms with Crippen LogP contribution >= 0.6 is 0 Å². The summed E-state index contributed by atoms with van der Waals surface area (Å²) in [4.78, 5) is 39.8. The maximum Gasteiger partial charge on any atom is 0.164 e. The van der Waals surface area contributed by atoms with E-state index < -0.39 is 0 Å². The van der Waals surface area contributed by atoms with Crippen molar-refractivity contribution >= 4 is 44.1 Å². The standard InChI is InChI=1S/C64H74N8O4/c1-5-13-21-41(22-14-6-1)73-45-29-33-49-53(37-45)61-66-57(49)65-58-50-34-30-46(74-42-23-15-7-2-8-16-24-42)38-54(50)62(67-58)69-60-52-36-32-48(76-44-27-19-11-4-12-20-28-44)40-56(52)64(71-60)72-63-55-39-47(31-35-51(55)59(68-61)70-63)75-43-25-17-9-3-10-18-26-43/h29-44H,1-28H2,(H2,65,66,67,68,69,70,71,72). The highest BCUT2D eigenvalue weighted by Crippen LogP contribution is 2.41. The number of nitrogens with zero attached hydrogens (tertiary/aromatic N) is 6. The minimum absolute atomic E-state index is 0.170. The molecule has 5 heterocycles. The first-order chi connectivity index (χ1) is 37.6. The second-order valence-electron chi connectivity index (χ2n) is 22.8. The van der Waals surface area contributed by atoms with Gasteiger partial charge in [0.25, 0.3) is 0 Å². The molecule has 12 heteroatoms. The summed E-state index contributed by atoms with van der Waals surface area (Å²) in [6, 6.07) is 25.3. The number of nitrogens with one attached hydrogen (secondary N) is 2. The van der Waals surface area contributed by atoms with Crippen LogP contribution in [-0.2, 0) is 0 Å². The Labute approximate surface area is 446 Å². The van der Waals surface area contributed by atoms with Gasteiger partial charge in [-0.05, 0) is 176 Å². The topological polar surface area (TPSA) is 146 Å². The molecule has 0 radical (unpaired) electrons. The molecule has 0 amide bonds. The number of ether oxygens (including phenoxy) is 4. The molecule has 4 aromatic carbocycles. The van der Waals surface area contributed by atoms with Gasteiger partial charge in [0.05, 0.1) is 24.4 Å². The van der Waals surface area contributed by atoms with E-state index in [0.717, 1.165) is 118 Å². The quantitative estimate of drug-likeness (QED) is 0.151. The van der Waals surface area contributed by atoms with E-state index in [4.69, 9.17) is 48.9 Å². The molecule has 4 saturated carbocycles. The predicted molar refractivity (Wildman–Crippen MR) is 303 cm³/mol. The molecule has 76 heavy (non-hydrogen) atoms. The number of fused-ring (bicyclic) bond motifs is 20. The van der Waals surface area contributed by atoms with Crippen LogP contribution in [0.1, 0.15) is 180 Å². The van der Waals surface area contributed by atoms with Crippen molar-refractivity contribution in [1.29, 1.82) is 0 Å². The van der Waals surface area contributed by atoms with Gasteiger partial charge in [-0.1, -0.05) is 77.0 Å². The molecule has 2 N–H and O–H groups in total. The number of rotatable bonds is 8. The molecule has 0 saturated heterocycles. The number of aromatic amines is 2. The van der Waals surface area contributed by atoms with Gasteiger partial charge in [0.1, 0.15) is 45.6 Å². The van der Waals surface area contributed by atoms with Crippen LogP contribution in [-0.4, -0.2) is 64.3 Å². The van der Waals surface area contributed by atoms with Crippen LogP contribution < -0.4 is 18.9 Å². The van der Waals surface area contributed by atoms with Crippen molar-refractivity contribution in [3.63, 3.8) is 0 Å². The van der Waals surface area contributed by atoms with Gasteiger partial charge in [0, 0.05) is 43.8 Å². The lowest BCUT2D eigenvalue weighted by atomic mass is 9.98. The van der Waals surface area contributed by atoms with Crippen LogP contribution in [0.2, 0.25) is 0 Å². The molecule has 6 aliphatic rings. The SMILES string of the molecule is c1cc2c(cc1OC1CCCCCCC1)-c1nc-2nc2[nH]c(nc3nc(nc4[nH]c(n1)c1ccc(OC5CCCCCCC5)cc41)-c1cc(OC4CCCCCCC4)ccc1-3)c1cc(OC3CCCCCCC3)ccc21. The van der Waals surface area contributed by atoms with E-state index in [9.17, 15) is 0 Å². The molecule has 13 rings (SSSR count). The molecule has 7 aromatic rings. The number of H-pyrrole nitrogens is 2. The molecule has 394 valence electrons. The first-order valence-electron chi connectivity index (χ1n) is 29.7. The van der Waals surface area contributed by atoms with Gasteiger partial charge in [0.2, 0.25) is 0 Å². The van der Waals surface area contributed by atoms with Gasteiger partial charge in [-0.25, -0.2) is 29.9 Å². The van der Waals surface area contributed by atoms with Crippen LogP contribution in [0, 0.1) is 0 Å². The Morgan fingerprint density at radius 3 is 0.855 bits per heavy atom. The van der Waals surface area contributed by atoms with Crippen molar-refractivity contribution < 1.29 is 18.9 Å². The van der Waals surface area contributed by atoms with Crippen molar-refractivity contribution in [2.45, 2.75) is 204 Å². The van der Waals surface area contributed by atoms with Crippen molar-refractivity contribution in [3.05, 3.63) is 72.8 Å². The second-order valence-corrected chi connectivity index (χ2v) is 22.8. The average Bonchev–Trinajstić information content (AvgIpc) is 4.14. The van der Waals surface area contributed by atoms with Crippen molar-refractivity contribution in [1.82, 2.24) is 39.9 Å². The lowest BCUT2D eigenvalue weighted by molar-refractivity contribution is 0.166. The zero-order chi connectivity index (χ0) is 50.6. The Hall–Kier alpha value is -6.56. The van der Waals surface area contributed by atoms with E-state index >= 15 is 0 Å². The lowest BCUT2D eigenvalue weighted by Crippen LogP contribution is -2.17. The van der Waals surface area contributed by atoms with Gasteiger partial charge in [-0.2, -0.15) is 0 Å². The normalized spacial score (nSPS) is 18.9. The Morgan fingerprint density at radius 1 is 0.263 bits per heavy atom. The fourth-order valence-corrected chi connectivity index (χ4v) is 12.9. The summed E-state index contributed by atoms with van der Waals surface area (Å²) in [6.07, 6.45) is 34.0. The van der Waals surface area contributed by atoms with E-state index in [1.807, 2.05) is 0 Å². The van der Waals surface area contributed by atoms with Crippen LogP contribution in [0.25, 0.3) is 89.7 Å². The van der Waals surface area contributed by atoms with Crippen molar-refractivity contribution in [2.24, 2.45) is 0 Å². The molecule has 12 nitrogen and oxygen atoms in total. The molecule has 3 aromatic heterocycles. The molecule has 8 bridgehead atoms. The third kappa shape index (κ3) is 10.9. The van der Waals surface area contributed by atoms with Crippen molar-refractivity contribution in [2.75, 3.05) is 0 Å². The monoisotopic (exact) mass is 1020 g/mol. The zero-order valence-corrected chi connectivity index (χ0v) is 44.4. The highest BCUT2D eigenvalue weighted by molar-refractivity contribution is 6.07. The van der Waals surface area contributed by atoms with Gasteiger partial charge in [-0.15, -0.1) is 0 Å². The fourth-order valence-electron chi connectivity index (χ4n) is 12.9. The zero-order valence-electron chi connectivity index (χ0n) is 44.4. The Kier molecular flexibility index (Phi) is 14.6. The first-order valence-corrected chi connectivity index (χ1v) is 29.7. The molecule has 4 fully saturated rings. The van der Waals surface area contributed by atoms with E-state index in [2.05, 4.69) is 82.8 Å². The summed E-state index contributed by atoms with van der Waals surface area (Å²) < 4.78 is 27.3. The minimum Gasteiger partial charge on any atom is -0.490 e. The number of hydrogen-bond donors (Lipinski definition) is 2.